The van der Waals surface area contributed by atoms with Crippen LogP contribution < -0.4 is 9.46 Å². The molecule has 0 bridgehead atoms. The summed E-state index contributed by atoms with van der Waals surface area (Å²) in [6.07, 6.45) is -4.73. The number of ether oxygens (including phenoxy) is 1. The number of nitrogens with one attached hydrogen (secondary N) is 1. The molecule has 2 aromatic carbocycles. The van der Waals surface area contributed by atoms with E-state index in [9.17, 15) is 21.6 Å². The molecule has 0 aliphatic carbocycles. The highest BCUT2D eigenvalue weighted by atomic mass is 35.5. The first-order valence-corrected chi connectivity index (χ1v) is 11.7. The molecule has 0 heterocycles. The fourth-order valence-electron chi connectivity index (χ4n) is 2.69. The average molecular weight is 520 g/mol. The molecule has 0 saturated carbocycles. The van der Waals surface area contributed by atoms with Gasteiger partial charge in [0.1, 0.15) is 17.3 Å². The van der Waals surface area contributed by atoms with Crippen LogP contribution in [0, 0.1) is 0 Å². The summed E-state index contributed by atoms with van der Waals surface area (Å²) in [5.41, 5.74) is -1.08. The van der Waals surface area contributed by atoms with E-state index in [0.29, 0.717) is 25.3 Å². The lowest BCUT2D eigenvalue weighted by molar-refractivity contribution is -0.137. The second kappa shape index (κ2) is 10.5. The molecule has 0 aromatic heterocycles. The lowest BCUT2D eigenvalue weighted by atomic mass is 10.2. The summed E-state index contributed by atoms with van der Waals surface area (Å²) in [4.78, 5) is 1.47. The zero-order valence-electron chi connectivity index (χ0n) is 16.6. The lowest BCUT2D eigenvalue weighted by Crippen LogP contribution is -2.27. The predicted molar refractivity (Wildman–Crippen MR) is 117 cm³/mol. The fraction of sp³-hybridized carbons (Fsp3) is 0.368. The van der Waals surface area contributed by atoms with Crippen LogP contribution in [0.25, 0.3) is 0 Å². The number of hydrogen-bond acceptors (Lipinski definition) is 4. The third-order valence-corrected chi connectivity index (χ3v) is 6.95. The standard InChI is InChI=1S/C19H20Cl3F3N2O3S/c1-3-27(4-2)7-8-30-17-11-13(5-6-14(17)20)26-31(28,29)18-15(21)9-12(10-16(18)22)19(23,24)25/h5-6,9-11,26H,3-4,7-8H2,1-2H3. The number of benzene rings is 2. The van der Waals surface area contributed by atoms with E-state index in [1.165, 1.54) is 18.2 Å². The number of sulfonamides is 1. The molecule has 0 atom stereocenters. The Balaban J connectivity index is 2.26. The predicted octanol–water partition coefficient (Wildman–Crippen LogP) is 6.19. The molecule has 0 radical (unpaired) electrons. The molecule has 0 saturated heterocycles. The highest BCUT2D eigenvalue weighted by Crippen LogP contribution is 2.38. The van der Waals surface area contributed by atoms with E-state index < -0.39 is 36.7 Å². The third kappa shape index (κ3) is 6.79. The van der Waals surface area contributed by atoms with Crippen molar-refractivity contribution in [3.8, 4) is 5.75 Å². The quantitative estimate of drug-likeness (QED) is 0.429. The molecule has 5 nitrogen and oxygen atoms in total. The number of anilines is 1. The first kappa shape index (κ1) is 25.9. The van der Waals surface area contributed by atoms with Crippen molar-refractivity contribution in [1.82, 2.24) is 4.90 Å². The molecular weight excluding hydrogens is 500 g/mol. The molecule has 2 rings (SSSR count). The van der Waals surface area contributed by atoms with Crippen LogP contribution in [-0.2, 0) is 16.2 Å². The molecular formula is C19H20Cl3F3N2O3S. The number of rotatable bonds is 9. The van der Waals surface area contributed by atoms with E-state index in [2.05, 4.69) is 9.62 Å². The van der Waals surface area contributed by atoms with E-state index in [1.54, 1.807) is 0 Å². The van der Waals surface area contributed by atoms with Crippen molar-refractivity contribution in [2.45, 2.75) is 24.9 Å². The summed E-state index contributed by atoms with van der Waals surface area (Å²) < 4.78 is 72.0. The topological polar surface area (TPSA) is 58.6 Å². The van der Waals surface area contributed by atoms with Crippen LogP contribution in [0.3, 0.4) is 0 Å². The van der Waals surface area contributed by atoms with Crippen molar-refractivity contribution in [2.75, 3.05) is 31.0 Å². The van der Waals surface area contributed by atoms with Crippen molar-refractivity contribution >= 4 is 50.5 Å². The molecule has 0 spiro atoms. The summed E-state index contributed by atoms with van der Waals surface area (Å²) in [6.45, 7) is 6.71. The Morgan fingerprint density at radius 2 is 1.58 bits per heavy atom. The number of hydrogen-bond donors (Lipinski definition) is 1. The Kier molecular flexibility index (Phi) is 8.75. The van der Waals surface area contributed by atoms with Gasteiger partial charge in [0.05, 0.1) is 26.3 Å². The maximum Gasteiger partial charge on any atom is 0.416 e. The van der Waals surface area contributed by atoms with E-state index in [1.807, 2.05) is 13.8 Å². The first-order chi connectivity index (χ1) is 14.4. The van der Waals surface area contributed by atoms with Gasteiger partial charge in [0.25, 0.3) is 10.0 Å². The molecule has 0 aliphatic rings. The van der Waals surface area contributed by atoms with Gasteiger partial charge in [0.2, 0.25) is 0 Å². The molecule has 2 aromatic rings. The van der Waals surface area contributed by atoms with Gasteiger partial charge >= 0.3 is 6.18 Å². The maximum atomic E-state index is 12.9. The van der Waals surface area contributed by atoms with Gasteiger partial charge in [0.15, 0.2) is 0 Å². The summed E-state index contributed by atoms with van der Waals surface area (Å²) in [5.74, 6) is 0.249. The average Bonchev–Trinajstić information content (AvgIpc) is 2.65. The van der Waals surface area contributed by atoms with Crippen LogP contribution in [0.4, 0.5) is 18.9 Å². The second-order valence-corrected chi connectivity index (χ2v) is 9.23. The summed E-state index contributed by atoms with van der Waals surface area (Å²) in [6, 6.07) is 5.19. The number of alkyl halides is 3. The summed E-state index contributed by atoms with van der Waals surface area (Å²) >= 11 is 17.8. The SMILES string of the molecule is CCN(CC)CCOc1cc(NS(=O)(=O)c2c(Cl)cc(C(F)(F)F)cc2Cl)ccc1Cl. The number of halogens is 6. The number of likely N-dealkylation sites (N-methyl/N-ethyl adjacent to an activating group) is 1. The van der Waals surface area contributed by atoms with E-state index in [4.69, 9.17) is 39.5 Å². The Morgan fingerprint density at radius 3 is 2.10 bits per heavy atom. The smallest absolute Gasteiger partial charge is 0.416 e. The van der Waals surface area contributed by atoms with Crippen LogP contribution in [0.1, 0.15) is 19.4 Å². The number of nitrogens with zero attached hydrogens (tertiary/aromatic N) is 1. The van der Waals surface area contributed by atoms with Crippen molar-refractivity contribution in [3.05, 3.63) is 51.0 Å². The highest BCUT2D eigenvalue weighted by Gasteiger charge is 2.34. The van der Waals surface area contributed by atoms with Gasteiger partial charge < -0.3 is 9.64 Å². The van der Waals surface area contributed by atoms with Crippen LogP contribution in [0.2, 0.25) is 15.1 Å². The Labute approximate surface area is 194 Å². The Morgan fingerprint density at radius 1 is 1.00 bits per heavy atom. The van der Waals surface area contributed by atoms with E-state index in [0.717, 1.165) is 13.1 Å². The summed E-state index contributed by atoms with van der Waals surface area (Å²) in [7, 11) is -4.40. The van der Waals surface area contributed by atoms with Crippen LogP contribution in [0.15, 0.2) is 35.2 Å². The Hall–Kier alpha value is -1.39. The summed E-state index contributed by atoms with van der Waals surface area (Å²) in [5, 5.41) is -1.04. The van der Waals surface area contributed by atoms with Crippen LogP contribution in [-0.4, -0.2) is 39.6 Å². The zero-order chi connectivity index (χ0) is 23.4. The van der Waals surface area contributed by atoms with Gasteiger partial charge in [-0.2, -0.15) is 13.2 Å². The fourth-order valence-corrected chi connectivity index (χ4v) is 5.13. The van der Waals surface area contributed by atoms with Crippen molar-refractivity contribution in [1.29, 1.82) is 0 Å². The second-order valence-electron chi connectivity index (χ2n) is 6.39. The van der Waals surface area contributed by atoms with Crippen molar-refractivity contribution < 1.29 is 26.3 Å². The molecule has 172 valence electrons. The molecule has 0 unspecified atom stereocenters. The lowest BCUT2D eigenvalue weighted by Gasteiger charge is -2.19. The van der Waals surface area contributed by atoms with Gasteiger partial charge in [0, 0.05) is 12.6 Å². The maximum absolute atomic E-state index is 12.9. The molecule has 0 aliphatic heterocycles. The highest BCUT2D eigenvalue weighted by molar-refractivity contribution is 7.93. The monoisotopic (exact) mass is 518 g/mol. The first-order valence-electron chi connectivity index (χ1n) is 9.12. The largest absolute Gasteiger partial charge is 0.491 e. The molecule has 1 N–H and O–H groups in total. The van der Waals surface area contributed by atoms with Crippen LogP contribution >= 0.6 is 34.8 Å². The van der Waals surface area contributed by atoms with Crippen molar-refractivity contribution in [2.24, 2.45) is 0 Å². The van der Waals surface area contributed by atoms with Crippen LogP contribution in [0.5, 0.6) is 5.75 Å². The van der Waals surface area contributed by atoms with Gasteiger partial charge in [-0.1, -0.05) is 48.7 Å². The zero-order valence-corrected chi connectivity index (χ0v) is 19.6. The minimum atomic E-state index is -4.73. The molecule has 31 heavy (non-hydrogen) atoms. The van der Waals surface area contributed by atoms with Gasteiger partial charge in [-0.05, 0) is 37.4 Å². The molecule has 0 fully saturated rings. The van der Waals surface area contributed by atoms with Crippen molar-refractivity contribution in [3.63, 3.8) is 0 Å². The van der Waals surface area contributed by atoms with Gasteiger partial charge in [-0.15, -0.1) is 0 Å². The van der Waals surface area contributed by atoms with E-state index >= 15 is 0 Å². The minimum absolute atomic E-state index is 0.0780. The van der Waals surface area contributed by atoms with Gasteiger partial charge in [-0.3, -0.25) is 4.72 Å². The van der Waals surface area contributed by atoms with E-state index in [-0.39, 0.29) is 16.5 Å². The molecule has 12 heteroatoms. The molecule has 0 amide bonds. The minimum Gasteiger partial charge on any atom is -0.491 e. The Bertz CT molecular complexity index is 1010. The van der Waals surface area contributed by atoms with Gasteiger partial charge in [-0.25, -0.2) is 8.42 Å². The third-order valence-electron chi connectivity index (χ3n) is 4.34. The normalized spacial score (nSPS) is 12.3.